The first-order valence-electron chi connectivity index (χ1n) is 6.87. The zero-order chi connectivity index (χ0) is 13.1. The monoisotopic (exact) mass is 253 g/mol. The van der Waals surface area contributed by atoms with Crippen LogP contribution in [-0.2, 0) is 19.6 Å². The maximum Gasteiger partial charge on any atom is 0.0685 e. The van der Waals surface area contributed by atoms with Crippen LogP contribution in [0.5, 0.6) is 0 Å². The van der Waals surface area contributed by atoms with E-state index in [1.165, 1.54) is 23.1 Å². The van der Waals surface area contributed by atoms with Crippen molar-refractivity contribution in [2.24, 2.45) is 0 Å². The largest absolute Gasteiger partial charge is 0.392 e. The number of aliphatic hydroxyl groups is 1. The predicted octanol–water partition coefficient (Wildman–Crippen LogP) is 2.96. The van der Waals surface area contributed by atoms with Gasteiger partial charge in [-0.1, -0.05) is 48.5 Å². The van der Waals surface area contributed by atoms with Crippen LogP contribution in [0.4, 0.5) is 0 Å². The summed E-state index contributed by atoms with van der Waals surface area (Å²) < 4.78 is 0. The number of aryl methyl sites for hydroxylation is 1. The normalized spacial score (nSPS) is 17.4. The van der Waals surface area contributed by atoms with Crippen LogP contribution in [0.3, 0.4) is 0 Å². The number of hydrogen-bond acceptors (Lipinski definition) is 2. The zero-order valence-corrected chi connectivity index (χ0v) is 11.0. The fourth-order valence-corrected chi connectivity index (χ4v) is 2.89. The van der Waals surface area contributed by atoms with E-state index in [0.717, 1.165) is 18.5 Å². The van der Waals surface area contributed by atoms with Crippen molar-refractivity contribution in [2.75, 3.05) is 0 Å². The number of benzene rings is 2. The molecule has 19 heavy (non-hydrogen) atoms. The Bertz CT molecular complexity index is 565. The van der Waals surface area contributed by atoms with Crippen molar-refractivity contribution in [3.8, 4) is 0 Å². The Morgan fingerprint density at radius 3 is 2.58 bits per heavy atom. The summed E-state index contributed by atoms with van der Waals surface area (Å²) in [5, 5.41) is 13.0. The second-order valence-electron chi connectivity index (χ2n) is 5.10. The molecule has 1 aliphatic rings. The van der Waals surface area contributed by atoms with Crippen molar-refractivity contribution >= 4 is 0 Å². The molecule has 2 N–H and O–H groups in total. The molecule has 0 bridgehead atoms. The number of nitrogens with one attached hydrogen (secondary N) is 1. The van der Waals surface area contributed by atoms with Crippen molar-refractivity contribution in [1.29, 1.82) is 0 Å². The molecule has 98 valence electrons. The molecule has 3 rings (SSSR count). The minimum Gasteiger partial charge on any atom is -0.392 e. The van der Waals surface area contributed by atoms with E-state index in [4.69, 9.17) is 0 Å². The molecule has 0 spiro atoms. The minimum absolute atomic E-state index is 0.110. The van der Waals surface area contributed by atoms with Crippen LogP contribution in [-0.4, -0.2) is 5.11 Å². The summed E-state index contributed by atoms with van der Waals surface area (Å²) in [5.41, 5.74) is 5.11. The van der Waals surface area contributed by atoms with Gasteiger partial charge >= 0.3 is 0 Å². The summed E-state index contributed by atoms with van der Waals surface area (Å²) in [6.07, 6.45) is 2.33. The van der Waals surface area contributed by atoms with Crippen molar-refractivity contribution in [3.63, 3.8) is 0 Å². The highest BCUT2D eigenvalue weighted by molar-refractivity contribution is 5.34. The number of fused-ring (bicyclic) bond motifs is 1. The molecule has 0 radical (unpaired) electrons. The highest BCUT2D eigenvalue weighted by Gasteiger charge is 2.21. The molecule has 0 aliphatic heterocycles. The second-order valence-corrected chi connectivity index (χ2v) is 5.10. The molecule has 1 atom stereocenters. The molecule has 0 amide bonds. The SMILES string of the molecule is OCc1ccccc1CNC1CCc2ccccc21. The first-order chi connectivity index (χ1) is 9.38. The van der Waals surface area contributed by atoms with E-state index in [2.05, 4.69) is 35.6 Å². The lowest BCUT2D eigenvalue weighted by atomic mass is 10.1. The van der Waals surface area contributed by atoms with E-state index < -0.39 is 0 Å². The maximum atomic E-state index is 9.34. The van der Waals surface area contributed by atoms with Gasteiger partial charge in [-0.25, -0.2) is 0 Å². The summed E-state index contributed by atoms with van der Waals surface area (Å²) in [5.74, 6) is 0. The van der Waals surface area contributed by atoms with Gasteiger partial charge in [0.15, 0.2) is 0 Å². The molecule has 2 heteroatoms. The Morgan fingerprint density at radius 2 is 1.74 bits per heavy atom. The molecule has 2 aromatic rings. The highest BCUT2D eigenvalue weighted by atomic mass is 16.3. The van der Waals surface area contributed by atoms with Gasteiger partial charge in [0, 0.05) is 12.6 Å². The minimum atomic E-state index is 0.110. The summed E-state index contributed by atoms with van der Waals surface area (Å²) >= 11 is 0. The molecule has 2 nitrogen and oxygen atoms in total. The Balaban J connectivity index is 1.71. The van der Waals surface area contributed by atoms with E-state index in [-0.39, 0.29) is 6.61 Å². The summed E-state index contributed by atoms with van der Waals surface area (Å²) in [6, 6.07) is 17.2. The summed E-state index contributed by atoms with van der Waals surface area (Å²) in [7, 11) is 0. The Labute approximate surface area is 114 Å². The van der Waals surface area contributed by atoms with Crippen LogP contribution in [0, 0.1) is 0 Å². The first-order valence-corrected chi connectivity index (χ1v) is 6.87. The zero-order valence-electron chi connectivity index (χ0n) is 11.0. The van der Waals surface area contributed by atoms with Crippen LogP contribution in [0.1, 0.15) is 34.7 Å². The van der Waals surface area contributed by atoms with Crippen molar-refractivity contribution in [3.05, 3.63) is 70.8 Å². The van der Waals surface area contributed by atoms with Gasteiger partial charge in [0.2, 0.25) is 0 Å². The van der Waals surface area contributed by atoms with E-state index >= 15 is 0 Å². The van der Waals surface area contributed by atoms with Crippen molar-refractivity contribution < 1.29 is 5.11 Å². The smallest absolute Gasteiger partial charge is 0.0685 e. The molecular formula is C17H19NO. The molecule has 1 unspecified atom stereocenters. The van der Waals surface area contributed by atoms with Crippen LogP contribution >= 0.6 is 0 Å². The number of aliphatic hydroxyl groups excluding tert-OH is 1. The van der Waals surface area contributed by atoms with Crippen molar-refractivity contribution in [2.45, 2.75) is 32.0 Å². The summed E-state index contributed by atoms with van der Waals surface area (Å²) in [6.45, 7) is 0.925. The van der Waals surface area contributed by atoms with E-state index in [1.807, 2.05) is 18.2 Å². The second kappa shape index (κ2) is 5.55. The molecular weight excluding hydrogens is 234 g/mol. The van der Waals surface area contributed by atoms with Gasteiger partial charge in [-0.05, 0) is 35.1 Å². The average Bonchev–Trinajstić information content (AvgIpc) is 2.89. The lowest BCUT2D eigenvalue weighted by Crippen LogP contribution is -2.19. The predicted molar refractivity (Wildman–Crippen MR) is 76.7 cm³/mol. The standard InChI is InChI=1S/C17H19NO/c19-12-15-7-2-1-6-14(15)11-18-17-10-9-13-5-3-4-8-16(13)17/h1-8,17-19H,9-12H2. The quantitative estimate of drug-likeness (QED) is 0.878. The highest BCUT2D eigenvalue weighted by Crippen LogP contribution is 2.30. The lowest BCUT2D eigenvalue weighted by Gasteiger charge is -2.15. The van der Waals surface area contributed by atoms with E-state index in [0.29, 0.717) is 6.04 Å². The fourth-order valence-electron chi connectivity index (χ4n) is 2.89. The maximum absolute atomic E-state index is 9.34. The third kappa shape index (κ3) is 2.55. The number of rotatable bonds is 4. The lowest BCUT2D eigenvalue weighted by molar-refractivity contribution is 0.280. The van der Waals surface area contributed by atoms with Gasteiger partial charge in [-0.3, -0.25) is 0 Å². The molecule has 0 saturated heterocycles. The first kappa shape index (κ1) is 12.4. The summed E-state index contributed by atoms with van der Waals surface area (Å²) in [4.78, 5) is 0. The molecule has 0 aromatic heterocycles. The van der Waals surface area contributed by atoms with Gasteiger partial charge in [0.1, 0.15) is 0 Å². The van der Waals surface area contributed by atoms with Crippen LogP contribution < -0.4 is 5.32 Å². The van der Waals surface area contributed by atoms with Crippen LogP contribution in [0.15, 0.2) is 48.5 Å². The third-order valence-corrected chi connectivity index (χ3v) is 3.96. The topological polar surface area (TPSA) is 32.3 Å². The van der Waals surface area contributed by atoms with Gasteiger partial charge in [0.25, 0.3) is 0 Å². The fraction of sp³-hybridized carbons (Fsp3) is 0.294. The average molecular weight is 253 g/mol. The van der Waals surface area contributed by atoms with Crippen LogP contribution in [0.2, 0.25) is 0 Å². The molecule has 0 saturated carbocycles. The van der Waals surface area contributed by atoms with Gasteiger partial charge in [-0.2, -0.15) is 0 Å². The van der Waals surface area contributed by atoms with Gasteiger partial charge < -0.3 is 10.4 Å². The molecule has 0 heterocycles. The van der Waals surface area contributed by atoms with Crippen LogP contribution in [0.25, 0.3) is 0 Å². The molecule has 0 fully saturated rings. The third-order valence-electron chi connectivity index (χ3n) is 3.96. The van der Waals surface area contributed by atoms with Gasteiger partial charge in [-0.15, -0.1) is 0 Å². The Hall–Kier alpha value is -1.64. The molecule has 1 aliphatic carbocycles. The Kier molecular flexibility index (Phi) is 3.62. The van der Waals surface area contributed by atoms with Gasteiger partial charge in [0.05, 0.1) is 6.61 Å². The van der Waals surface area contributed by atoms with E-state index in [1.54, 1.807) is 0 Å². The van der Waals surface area contributed by atoms with Crippen molar-refractivity contribution in [1.82, 2.24) is 5.32 Å². The van der Waals surface area contributed by atoms with E-state index in [9.17, 15) is 5.11 Å². The number of hydrogen-bond donors (Lipinski definition) is 2. The Morgan fingerprint density at radius 1 is 1.00 bits per heavy atom. The molecule has 2 aromatic carbocycles.